The van der Waals surface area contributed by atoms with Crippen LogP contribution >= 0.6 is 11.6 Å². The molecule has 68 valence electrons. The molecule has 3 rings (SSSR count). The summed E-state index contributed by atoms with van der Waals surface area (Å²) >= 11 is 6.16. The molecule has 0 amide bonds. The van der Waals surface area contributed by atoms with Crippen molar-refractivity contribution in [3.63, 3.8) is 0 Å². The highest BCUT2D eigenvalue weighted by Crippen LogP contribution is 2.65. The first-order valence-corrected chi connectivity index (χ1v) is 5.93. The van der Waals surface area contributed by atoms with E-state index in [1.807, 2.05) is 0 Å². The Labute approximate surface area is 79.7 Å². The van der Waals surface area contributed by atoms with Gasteiger partial charge in [-0.25, -0.2) is 0 Å². The molecule has 0 radical (unpaired) electrons. The van der Waals surface area contributed by atoms with Gasteiger partial charge >= 0.3 is 0 Å². The van der Waals surface area contributed by atoms with Crippen LogP contribution in [-0.2, 0) is 0 Å². The normalized spacial score (nSPS) is 51.8. The van der Waals surface area contributed by atoms with Gasteiger partial charge in [0.25, 0.3) is 0 Å². The third-order valence-corrected chi connectivity index (χ3v) is 5.18. The van der Waals surface area contributed by atoms with Gasteiger partial charge in [-0.15, -0.1) is 11.6 Å². The first kappa shape index (κ1) is 7.67. The second kappa shape index (κ2) is 2.41. The Bertz CT molecular complexity index is 185. The van der Waals surface area contributed by atoms with Gasteiger partial charge in [0.05, 0.1) is 0 Å². The van der Waals surface area contributed by atoms with Gasteiger partial charge < -0.3 is 0 Å². The van der Waals surface area contributed by atoms with Crippen molar-refractivity contribution in [1.29, 1.82) is 0 Å². The van der Waals surface area contributed by atoms with Gasteiger partial charge in [0, 0.05) is 5.88 Å². The van der Waals surface area contributed by atoms with Crippen LogP contribution in [0.2, 0.25) is 0 Å². The number of hydrogen-bond donors (Lipinski definition) is 0. The lowest BCUT2D eigenvalue weighted by Crippen LogP contribution is -2.35. The summed E-state index contributed by atoms with van der Waals surface area (Å²) < 4.78 is 0. The van der Waals surface area contributed by atoms with Gasteiger partial charge in [-0.3, -0.25) is 0 Å². The molecule has 2 atom stereocenters. The molecule has 3 aliphatic rings. The van der Waals surface area contributed by atoms with E-state index in [4.69, 9.17) is 11.6 Å². The van der Waals surface area contributed by atoms with Crippen LogP contribution in [0.5, 0.6) is 0 Å². The summed E-state index contributed by atoms with van der Waals surface area (Å²) in [6, 6.07) is 0. The van der Waals surface area contributed by atoms with E-state index in [9.17, 15) is 0 Å². The Balaban J connectivity index is 1.76. The zero-order chi connectivity index (χ0) is 8.18. The molecule has 3 saturated carbocycles. The van der Waals surface area contributed by atoms with E-state index in [1.54, 1.807) is 0 Å². The minimum Gasteiger partial charge on any atom is -0.126 e. The maximum absolute atomic E-state index is 6.16. The van der Waals surface area contributed by atoms with Gasteiger partial charge in [0.15, 0.2) is 0 Å². The zero-order valence-corrected chi connectivity index (χ0v) is 8.32. The van der Waals surface area contributed by atoms with Crippen molar-refractivity contribution in [2.75, 3.05) is 5.88 Å². The van der Waals surface area contributed by atoms with Gasteiger partial charge in [0.2, 0.25) is 0 Å². The van der Waals surface area contributed by atoms with E-state index in [0.29, 0.717) is 5.41 Å². The largest absolute Gasteiger partial charge is 0.126 e. The molecule has 0 bridgehead atoms. The molecular formula is C11H17Cl. The summed E-state index contributed by atoms with van der Waals surface area (Å²) in [5, 5.41) is 0. The Morgan fingerprint density at radius 2 is 1.83 bits per heavy atom. The van der Waals surface area contributed by atoms with Crippen LogP contribution in [0.15, 0.2) is 0 Å². The van der Waals surface area contributed by atoms with E-state index in [-0.39, 0.29) is 0 Å². The molecule has 0 N–H and O–H groups in total. The highest BCUT2D eigenvalue weighted by molar-refractivity contribution is 6.18. The standard InChI is InChI=1S/C11H17Cl/c12-7-11(10-2-1-3-10)5-8-4-9(8)6-11/h8-10H,1-7H2. The molecule has 0 aliphatic heterocycles. The van der Waals surface area contributed by atoms with Crippen LogP contribution in [0.4, 0.5) is 0 Å². The topological polar surface area (TPSA) is 0 Å². The number of halogens is 1. The molecule has 0 nitrogen and oxygen atoms in total. The van der Waals surface area contributed by atoms with Crippen molar-refractivity contribution in [1.82, 2.24) is 0 Å². The summed E-state index contributed by atoms with van der Waals surface area (Å²) in [5.41, 5.74) is 0.618. The molecule has 0 aromatic heterocycles. The maximum atomic E-state index is 6.16. The van der Waals surface area contributed by atoms with E-state index in [0.717, 1.165) is 23.6 Å². The van der Waals surface area contributed by atoms with Crippen molar-refractivity contribution >= 4 is 11.6 Å². The average molecular weight is 185 g/mol. The maximum Gasteiger partial charge on any atom is 0.0282 e. The highest BCUT2D eigenvalue weighted by atomic mass is 35.5. The van der Waals surface area contributed by atoms with E-state index >= 15 is 0 Å². The minimum atomic E-state index is 0.618. The molecule has 12 heavy (non-hydrogen) atoms. The molecule has 3 fully saturated rings. The van der Waals surface area contributed by atoms with Crippen LogP contribution < -0.4 is 0 Å². The summed E-state index contributed by atoms with van der Waals surface area (Å²) in [6.45, 7) is 0. The third kappa shape index (κ3) is 0.907. The van der Waals surface area contributed by atoms with E-state index < -0.39 is 0 Å². The molecule has 0 heterocycles. The monoisotopic (exact) mass is 184 g/mol. The van der Waals surface area contributed by atoms with Crippen LogP contribution in [0.25, 0.3) is 0 Å². The lowest BCUT2D eigenvalue weighted by Gasteiger charge is -2.43. The van der Waals surface area contributed by atoms with Crippen molar-refractivity contribution in [2.45, 2.75) is 38.5 Å². The Morgan fingerprint density at radius 1 is 1.17 bits per heavy atom. The average Bonchev–Trinajstić information content (AvgIpc) is 2.57. The number of hydrogen-bond acceptors (Lipinski definition) is 0. The van der Waals surface area contributed by atoms with Crippen molar-refractivity contribution in [3.05, 3.63) is 0 Å². The molecule has 1 heteroatoms. The number of rotatable bonds is 2. The summed E-state index contributed by atoms with van der Waals surface area (Å²) in [4.78, 5) is 0. The predicted molar refractivity (Wildman–Crippen MR) is 51.3 cm³/mol. The van der Waals surface area contributed by atoms with Gasteiger partial charge in [0.1, 0.15) is 0 Å². The Morgan fingerprint density at radius 3 is 2.25 bits per heavy atom. The summed E-state index contributed by atoms with van der Waals surface area (Å²) in [5.74, 6) is 4.17. The minimum absolute atomic E-state index is 0.618. The lowest BCUT2D eigenvalue weighted by atomic mass is 9.64. The fourth-order valence-corrected chi connectivity index (χ4v) is 3.95. The second-order valence-electron chi connectivity index (χ2n) is 5.29. The number of alkyl halides is 1. The Hall–Kier alpha value is 0.290. The van der Waals surface area contributed by atoms with Crippen LogP contribution in [0.3, 0.4) is 0 Å². The predicted octanol–water partition coefficient (Wildman–Crippen LogP) is 3.44. The summed E-state index contributed by atoms with van der Waals surface area (Å²) in [7, 11) is 0. The van der Waals surface area contributed by atoms with E-state index in [2.05, 4.69) is 0 Å². The van der Waals surface area contributed by atoms with Crippen LogP contribution in [-0.4, -0.2) is 5.88 Å². The number of fused-ring (bicyclic) bond motifs is 1. The molecule has 0 aromatic rings. The lowest BCUT2D eigenvalue weighted by molar-refractivity contribution is 0.0980. The van der Waals surface area contributed by atoms with Gasteiger partial charge in [-0.05, 0) is 55.3 Å². The first-order chi connectivity index (χ1) is 5.84. The molecular weight excluding hydrogens is 168 g/mol. The molecule has 0 saturated heterocycles. The fourth-order valence-electron chi connectivity index (χ4n) is 3.51. The van der Waals surface area contributed by atoms with Crippen molar-refractivity contribution in [2.24, 2.45) is 23.2 Å². The summed E-state index contributed by atoms with van der Waals surface area (Å²) in [6.07, 6.45) is 8.92. The van der Waals surface area contributed by atoms with Gasteiger partial charge in [-0.2, -0.15) is 0 Å². The molecule has 2 unspecified atom stereocenters. The quantitative estimate of drug-likeness (QED) is 0.577. The van der Waals surface area contributed by atoms with Crippen LogP contribution in [0, 0.1) is 23.2 Å². The first-order valence-electron chi connectivity index (χ1n) is 5.40. The smallest absolute Gasteiger partial charge is 0.0282 e. The SMILES string of the molecule is ClCC1(C2CCC2)CC2CC2C1. The third-order valence-electron chi connectivity index (χ3n) is 4.64. The molecule has 0 aromatic carbocycles. The van der Waals surface area contributed by atoms with Gasteiger partial charge in [-0.1, -0.05) is 6.42 Å². The van der Waals surface area contributed by atoms with Crippen LogP contribution in [0.1, 0.15) is 38.5 Å². The highest BCUT2D eigenvalue weighted by Gasteiger charge is 2.56. The molecule has 3 aliphatic carbocycles. The van der Waals surface area contributed by atoms with Crippen molar-refractivity contribution in [3.8, 4) is 0 Å². The zero-order valence-electron chi connectivity index (χ0n) is 7.56. The van der Waals surface area contributed by atoms with Crippen molar-refractivity contribution < 1.29 is 0 Å². The molecule has 0 spiro atoms. The van der Waals surface area contributed by atoms with E-state index in [1.165, 1.54) is 38.5 Å². The second-order valence-corrected chi connectivity index (χ2v) is 5.56. The Kier molecular flexibility index (Phi) is 1.54. The fraction of sp³-hybridized carbons (Fsp3) is 1.00.